The Morgan fingerprint density at radius 3 is 2.77 bits per heavy atom. The maximum absolute atomic E-state index is 12.2. The number of carboxylic acid groups (broad SMARTS) is 1. The van der Waals surface area contributed by atoms with Gasteiger partial charge in [-0.05, 0) is 24.6 Å². The molecule has 0 saturated carbocycles. The Morgan fingerprint density at radius 1 is 1.18 bits per heavy atom. The molecule has 22 heavy (non-hydrogen) atoms. The molecule has 2 heterocycles. The van der Waals surface area contributed by atoms with Gasteiger partial charge in [-0.3, -0.25) is 9.59 Å². The lowest BCUT2D eigenvalue weighted by Gasteiger charge is -2.29. The highest BCUT2D eigenvalue weighted by atomic mass is 35.5. The van der Waals surface area contributed by atoms with E-state index in [-0.39, 0.29) is 12.3 Å². The lowest BCUT2D eigenvalue weighted by atomic mass is 10.2. The molecule has 6 heteroatoms. The number of carbonyl (C=O) groups excluding carboxylic acids is 1. The molecule has 1 amide bonds. The Morgan fingerprint density at radius 2 is 2.00 bits per heavy atom. The summed E-state index contributed by atoms with van der Waals surface area (Å²) in [7, 11) is 0. The molecule has 0 radical (unpaired) electrons. The van der Waals surface area contributed by atoms with Gasteiger partial charge in [-0.2, -0.15) is 0 Å². The van der Waals surface area contributed by atoms with Crippen LogP contribution in [0.15, 0.2) is 24.3 Å². The van der Waals surface area contributed by atoms with E-state index in [2.05, 4.69) is 10.6 Å². The number of amides is 1. The van der Waals surface area contributed by atoms with Gasteiger partial charge in [0.05, 0.1) is 6.54 Å². The van der Waals surface area contributed by atoms with Crippen LogP contribution in [-0.4, -0.2) is 33.0 Å². The van der Waals surface area contributed by atoms with Crippen molar-refractivity contribution >= 4 is 34.4 Å². The first-order valence-electron chi connectivity index (χ1n) is 7.32. The Bertz CT molecular complexity index is 738. The molecule has 0 unspecified atom stereocenters. The minimum atomic E-state index is -0.858. The first kappa shape index (κ1) is 14.9. The van der Waals surface area contributed by atoms with Gasteiger partial charge in [-0.25, -0.2) is 0 Å². The summed E-state index contributed by atoms with van der Waals surface area (Å²) in [6, 6.07) is 7.89. The van der Waals surface area contributed by atoms with Crippen molar-refractivity contribution in [3.63, 3.8) is 0 Å². The summed E-state index contributed by atoms with van der Waals surface area (Å²) in [5.74, 6) is -0.834. The highest BCUT2D eigenvalue weighted by Crippen LogP contribution is 2.27. The van der Waals surface area contributed by atoms with Crippen LogP contribution in [0.5, 0.6) is 0 Å². The van der Waals surface area contributed by atoms with Crippen molar-refractivity contribution in [2.75, 3.05) is 6.54 Å². The Hall–Kier alpha value is -2.01. The van der Waals surface area contributed by atoms with E-state index in [0.29, 0.717) is 31.0 Å². The van der Waals surface area contributed by atoms with E-state index >= 15 is 0 Å². The maximum Gasteiger partial charge on any atom is 0.303 e. The Kier molecular flexibility index (Phi) is 4.07. The number of nitrogens with zero attached hydrogens (tertiary/aromatic N) is 2. The van der Waals surface area contributed by atoms with Crippen LogP contribution in [0.3, 0.4) is 0 Å². The molecular weight excluding hydrogens is 304 g/mol. The van der Waals surface area contributed by atoms with Crippen molar-refractivity contribution in [2.45, 2.75) is 32.4 Å². The fourth-order valence-corrected chi connectivity index (χ4v) is 3.10. The van der Waals surface area contributed by atoms with Crippen molar-refractivity contribution in [1.29, 1.82) is 0 Å². The van der Waals surface area contributed by atoms with Crippen LogP contribution in [0, 0.1) is 0 Å². The third-order valence-electron chi connectivity index (χ3n) is 4.03. The number of rotatable bonds is 4. The smallest absolute Gasteiger partial charge is 0.303 e. The van der Waals surface area contributed by atoms with Gasteiger partial charge in [0.25, 0.3) is 0 Å². The molecule has 0 atom stereocenters. The van der Waals surface area contributed by atoms with E-state index in [1.54, 1.807) is 4.90 Å². The van der Waals surface area contributed by atoms with Crippen LogP contribution in [0.2, 0.25) is 5.02 Å². The predicted octanol–water partition coefficient (Wildman–Crippen LogP) is 2.89. The molecule has 0 saturated heterocycles. The zero-order valence-electron chi connectivity index (χ0n) is 12.1. The van der Waals surface area contributed by atoms with Gasteiger partial charge >= 0.3 is 5.97 Å². The molecule has 1 N–H and O–H groups in total. The number of fused-ring (bicyclic) bond motifs is 3. The van der Waals surface area contributed by atoms with Crippen molar-refractivity contribution < 1.29 is 14.7 Å². The Balaban J connectivity index is 1.72. The molecule has 0 aliphatic carbocycles. The van der Waals surface area contributed by atoms with Gasteiger partial charge < -0.3 is 14.6 Å². The van der Waals surface area contributed by atoms with Gasteiger partial charge in [-0.15, -0.1) is 0 Å². The van der Waals surface area contributed by atoms with Gasteiger partial charge in [0, 0.05) is 47.6 Å². The number of hydrogen-bond acceptors (Lipinski definition) is 2. The van der Waals surface area contributed by atoms with Crippen molar-refractivity contribution in [3.05, 3.63) is 35.0 Å². The normalized spacial score (nSPS) is 14.1. The molecule has 5 nitrogen and oxygen atoms in total. The van der Waals surface area contributed by atoms with Gasteiger partial charge in [0.15, 0.2) is 0 Å². The molecule has 0 bridgehead atoms. The van der Waals surface area contributed by atoms with Crippen LogP contribution in [0.25, 0.3) is 10.9 Å². The number of hydrogen-bond donors (Lipinski definition) is 1. The lowest BCUT2D eigenvalue weighted by Crippen LogP contribution is -2.37. The first-order chi connectivity index (χ1) is 10.5. The maximum atomic E-state index is 12.2. The first-order valence-corrected chi connectivity index (χ1v) is 7.69. The fourth-order valence-electron chi connectivity index (χ4n) is 2.94. The number of benzene rings is 1. The molecule has 1 aromatic carbocycles. The second kappa shape index (κ2) is 6.01. The standard InChI is InChI=1S/C16H17ClN2O3/c17-12-5-4-11-8-13-10-18(6-7-19(13)14(11)9-12)15(20)2-1-3-16(21)22/h4-5,8-9H,1-3,6-7,10H2,(H,21,22). The number of halogens is 1. The monoisotopic (exact) mass is 320 g/mol. The molecule has 0 spiro atoms. The summed E-state index contributed by atoms with van der Waals surface area (Å²) in [5, 5.41) is 10.5. The number of carbonyl (C=O) groups is 2. The summed E-state index contributed by atoms with van der Waals surface area (Å²) < 4.78 is 2.20. The topological polar surface area (TPSA) is 62.5 Å². The third-order valence-corrected chi connectivity index (χ3v) is 4.27. The van der Waals surface area contributed by atoms with E-state index in [9.17, 15) is 9.59 Å². The molecule has 0 fully saturated rings. The minimum absolute atomic E-state index is 0.0239. The third kappa shape index (κ3) is 2.95. The summed E-state index contributed by atoms with van der Waals surface area (Å²) in [4.78, 5) is 24.5. The second-order valence-corrected chi connectivity index (χ2v) is 5.99. The molecule has 1 aliphatic heterocycles. The summed E-state index contributed by atoms with van der Waals surface area (Å²) in [6.45, 7) is 1.96. The van der Waals surface area contributed by atoms with E-state index in [1.165, 1.54) is 0 Å². The van der Waals surface area contributed by atoms with E-state index in [4.69, 9.17) is 16.7 Å². The van der Waals surface area contributed by atoms with Crippen molar-refractivity contribution in [1.82, 2.24) is 9.47 Å². The van der Waals surface area contributed by atoms with E-state index in [0.717, 1.165) is 23.1 Å². The quantitative estimate of drug-likeness (QED) is 0.942. The Labute approximate surface area is 133 Å². The molecule has 1 aliphatic rings. The molecular formula is C16H17ClN2O3. The predicted molar refractivity (Wildman–Crippen MR) is 83.9 cm³/mol. The van der Waals surface area contributed by atoms with Gasteiger partial charge in [0.1, 0.15) is 0 Å². The zero-order valence-corrected chi connectivity index (χ0v) is 12.8. The lowest BCUT2D eigenvalue weighted by molar-refractivity contribution is -0.137. The van der Waals surface area contributed by atoms with Gasteiger partial charge in [0.2, 0.25) is 5.91 Å². The highest BCUT2D eigenvalue weighted by Gasteiger charge is 2.22. The van der Waals surface area contributed by atoms with Crippen LogP contribution < -0.4 is 0 Å². The van der Waals surface area contributed by atoms with Crippen LogP contribution in [0.4, 0.5) is 0 Å². The van der Waals surface area contributed by atoms with E-state index in [1.807, 2.05) is 18.2 Å². The van der Waals surface area contributed by atoms with Crippen LogP contribution in [-0.2, 0) is 22.7 Å². The average Bonchev–Trinajstić information content (AvgIpc) is 2.83. The second-order valence-electron chi connectivity index (χ2n) is 5.55. The molecule has 2 aromatic rings. The summed E-state index contributed by atoms with van der Waals surface area (Å²) in [5.41, 5.74) is 2.19. The summed E-state index contributed by atoms with van der Waals surface area (Å²) in [6.07, 6.45) is 0.722. The van der Waals surface area contributed by atoms with Crippen molar-refractivity contribution in [2.24, 2.45) is 0 Å². The molecule has 3 rings (SSSR count). The fraction of sp³-hybridized carbons (Fsp3) is 0.375. The van der Waals surface area contributed by atoms with Crippen molar-refractivity contribution in [3.8, 4) is 0 Å². The van der Waals surface area contributed by atoms with Crippen LogP contribution >= 0.6 is 11.6 Å². The molecule has 116 valence electrons. The number of aromatic nitrogens is 1. The SMILES string of the molecule is O=C(O)CCCC(=O)N1CCn2c(cc3ccc(Cl)cc32)C1. The van der Waals surface area contributed by atoms with Gasteiger partial charge in [-0.1, -0.05) is 17.7 Å². The number of aliphatic carboxylic acids is 1. The zero-order chi connectivity index (χ0) is 15.7. The van der Waals surface area contributed by atoms with E-state index < -0.39 is 5.97 Å². The average molecular weight is 321 g/mol. The largest absolute Gasteiger partial charge is 0.481 e. The van der Waals surface area contributed by atoms with Crippen LogP contribution in [0.1, 0.15) is 25.0 Å². The molecule has 1 aromatic heterocycles. The number of carboxylic acids is 1. The summed E-state index contributed by atoms with van der Waals surface area (Å²) >= 11 is 6.05. The highest BCUT2D eigenvalue weighted by molar-refractivity contribution is 6.31. The minimum Gasteiger partial charge on any atom is -0.481 e.